The van der Waals surface area contributed by atoms with Crippen LogP contribution >= 0.6 is 0 Å². The van der Waals surface area contributed by atoms with Crippen LogP contribution in [0.25, 0.3) is 10.9 Å². The van der Waals surface area contributed by atoms with Crippen molar-refractivity contribution in [3.63, 3.8) is 0 Å². The average Bonchev–Trinajstić information content (AvgIpc) is 2.99. The van der Waals surface area contributed by atoms with E-state index in [1.807, 2.05) is 45.0 Å². The van der Waals surface area contributed by atoms with E-state index in [0.29, 0.717) is 17.0 Å². The lowest BCUT2D eigenvalue weighted by atomic mass is 10.0. The SMILES string of the molecule is Cc1nc(CN(C)C(=O)C(C(C)C)N2C(=O)c3ccccc3C2=O)nc2ccccc12. The number of fused-ring (bicyclic) bond motifs is 2. The summed E-state index contributed by atoms with van der Waals surface area (Å²) in [6.45, 7) is 5.75. The highest BCUT2D eigenvalue weighted by atomic mass is 16.2. The Kier molecular flexibility index (Phi) is 5.27. The van der Waals surface area contributed by atoms with Crippen LogP contribution in [0.4, 0.5) is 0 Å². The van der Waals surface area contributed by atoms with Crippen LogP contribution in [0.2, 0.25) is 0 Å². The van der Waals surface area contributed by atoms with Crippen LogP contribution in [-0.4, -0.2) is 50.6 Å². The molecule has 7 nitrogen and oxygen atoms in total. The van der Waals surface area contributed by atoms with Crippen molar-refractivity contribution < 1.29 is 14.4 Å². The molecule has 31 heavy (non-hydrogen) atoms. The molecule has 7 heteroatoms. The number of amides is 3. The van der Waals surface area contributed by atoms with Gasteiger partial charge in [0.15, 0.2) is 0 Å². The Morgan fingerprint density at radius 1 is 0.968 bits per heavy atom. The summed E-state index contributed by atoms with van der Waals surface area (Å²) in [6.07, 6.45) is 0. The van der Waals surface area contributed by atoms with Gasteiger partial charge < -0.3 is 4.90 Å². The van der Waals surface area contributed by atoms with E-state index < -0.39 is 17.9 Å². The second kappa shape index (κ2) is 7.91. The minimum absolute atomic E-state index is 0.177. The van der Waals surface area contributed by atoms with Crippen molar-refractivity contribution in [2.45, 2.75) is 33.4 Å². The topological polar surface area (TPSA) is 83.5 Å². The first-order valence-corrected chi connectivity index (χ1v) is 10.2. The Morgan fingerprint density at radius 3 is 2.16 bits per heavy atom. The number of carbonyl (C=O) groups excluding carboxylic acids is 3. The van der Waals surface area contributed by atoms with Gasteiger partial charge in [-0.15, -0.1) is 0 Å². The number of aryl methyl sites for hydroxylation is 1. The quantitative estimate of drug-likeness (QED) is 0.597. The van der Waals surface area contributed by atoms with Gasteiger partial charge in [-0.2, -0.15) is 0 Å². The zero-order chi connectivity index (χ0) is 22.3. The number of para-hydroxylation sites is 1. The summed E-state index contributed by atoms with van der Waals surface area (Å²) >= 11 is 0. The summed E-state index contributed by atoms with van der Waals surface area (Å²) in [7, 11) is 1.64. The van der Waals surface area contributed by atoms with Gasteiger partial charge in [0.25, 0.3) is 11.8 Å². The van der Waals surface area contributed by atoms with Crippen molar-refractivity contribution in [1.82, 2.24) is 19.8 Å². The first kappa shape index (κ1) is 20.7. The first-order valence-electron chi connectivity index (χ1n) is 10.2. The molecule has 4 rings (SSSR count). The molecule has 0 aliphatic carbocycles. The fraction of sp³-hybridized carbons (Fsp3) is 0.292. The zero-order valence-corrected chi connectivity index (χ0v) is 18.0. The highest BCUT2D eigenvalue weighted by molar-refractivity contribution is 6.22. The van der Waals surface area contributed by atoms with E-state index in [0.717, 1.165) is 21.5 Å². The third-order valence-corrected chi connectivity index (χ3v) is 5.58. The Morgan fingerprint density at radius 2 is 1.55 bits per heavy atom. The number of nitrogens with zero attached hydrogens (tertiary/aromatic N) is 4. The summed E-state index contributed by atoms with van der Waals surface area (Å²) < 4.78 is 0. The van der Waals surface area contributed by atoms with Gasteiger partial charge in [-0.3, -0.25) is 19.3 Å². The fourth-order valence-electron chi connectivity index (χ4n) is 4.04. The van der Waals surface area contributed by atoms with Gasteiger partial charge in [-0.05, 0) is 31.0 Å². The lowest BCUT2D eigenvalue weighted by Gasteiger charge is -2.31. The van der Waals surface area contributed by atoms with Gasteiger partial charge in [-0.25, -0.2) is 9.97 Å². The van der Waals surface area contributed by atoms with Gasteiger partial charge in [0.05, 0.1) is 23.2 Å². The lowest BCUT2D eigenvalue weighted by Crippen LogP contribution is -2.52. The van der Waals surface area contributed by atoms with E-state index in [1.54, 1.807) is 31.3 Å². The Bertz CT molecular complexity index is 1170. The van der Waals surface area contributed by atoms with Crippen LogP contribution in [0.15, 0.2) is 48.5 Å². The number of carbonyl (C=O) groups is 3. The molecule has 0 fully saturated rings. The van der Waals surface area contributed by atoms with E-state index >= 15 is 0 Å². The second-order valence-electron chi connectivity index (χ2n) is 8.15. The fourth-order valence-corrected chi connectivity index (χ4v) is 4.04. The molecular weight excluding hydrogens is 392 g/mol. The van der Waals surface area contributed by atoms with E-state index in [9.17, 15) is 14.4 Å². The summed E-state index contributed by atoms with van der Waals surface area (Å²) in [5.41, 5.74) is 2.32. The van der Waals surface area contributed by atoms with Crippen molar-refractivity contribution in [2.24, 2.45) is 5.92 Å². The molecule has 1 aromatic heterocycles. The molecule has 0 radical (unpaired) electrons. The zero-order valence-electron chi connectivity index (χ0n) is 18.0. The van der Waals surface area contributed by atoms with E-state index in [-0.39, 0.29) is 18.4 Å². The minimum Gasteiger partial charge on any atom is -0.336 e. The molecule has 3 aromatic rings. The van der Waals surface area contributed by atoms with Crippen LogP contribution in [-0.2, 0) is 11.3 Å². The van der Waals surface area contributed by atoms with Crippen molar-refractivity contribution in [3.05, 3.63) is 71.2 Å². The molecule has 0 spiro atoms. The van der Waals surface area contributed by atoms with Gasteiger partial charge >= 0.3 is 0 Å². The van der Waals surface area contributed by atoms with Crippen LogP contribution in [0.1, 0.15) is 46.1 Å². The second-order valence-corrected chi connectivity index (χ2v) is 8.15. The smallest absolute Gasteiger partial charge is 0.262 e. The van der Waals surface area contributed by atoms with Crippen LogP contribution in [0, 0.1) is 12.8 Å². The van der Waals surface area contributed by atoms with Crippen molar-refractivity contribution >= 4 is 28.6 Å². The number of hydrogen-bond donors (Lipinski definition) is 0. The largest absolute Gasteiger partial charge is 0.336 e. The van der Waals surface area contributed by atoms with E-state index in [1.165, 1.54) is 4.90 Å². The maximum Gasteiger partial charge on any atom is 0.262 e. The molecule has 0 bridgehead atoms. The minimum atomic E-state index is -0.904. The van der Waals surface area contributed by atoms with Crippen LogP contribution < -0.4 is 0 Å². The van der Waals surface area contributed by atoms with Gasteiger partial charge in [0.2, 0.25) is 5.91 Å². The number of aromatic nitrogens is 2. The monoisotopic (exact) mass is 416 g/mol. The predicted octanol–water partition coefficient (Wildman–Crippen LogP) is 3.22. The maximum atomic E-state index is 13.4. The molecule has 1 atom stereocenters. The van der Waals surface area contributed by atoms with Crippen molar-refractivity contribution in [3.8, 4) is 0 Å². The summed E-state index contributed by atoms with van der Waals surface area (Å²) in [5.74, 6) is -0.926. The third kappa shape index (κ3) is 3.56. The molecule has 1 aliphatic rings. The third-order valence-electron chi connectivity index (χ3n) is 5.58. The van der Waals surface area contributed by atoms with Gasteiger partial charge in [-0.1, -0.05) is 44.2 Å². The Hall–Kier alpha value is -3.61. The van der Waals surface area contributed by atoms with Crippen LogP contribution in [0.3, 0.4) is 0 Å². The molecule has 2 heterocycles. The van der Waals surface area contributed by atoms with Gasteiger partial charge in [0, 0.05) is 18.1 Å². The van der Waals surface area contributed by atoms with Crippen LogP contribution in [0.5, 0.6) is 0 Å². The van der Waals surface area contributed by atoms with Crippen molar-refractivity contribution in [1.29, 1.82) is 0 Å². The standard InChI is InChI=1S/C24H24N4O3/c1-14(2)21(28-22(29)17-10-5-6-11-18(17)23(28)30)24(31)27(4)13-20-25-15(3)16-9-7-8-12-19(16)26-20/h5-12,14,21H,13H2,1-4H3. The Labute approximate surface area is 180 Å². The number of benzene rings is 2. The van der Waals surface area contributed by atoms with E-state index in [2.05, 4.69) is 9.97 Å². The molecule has 0 saturated heterocycles. The number of imide groups is 1. The molecular formula is C24H24N4O3. The first-order chi connectivity index (χ1) is 14.8. The highest BCUT2D eigenvalue weighted by Crippen LogP contribution is 2.28. The number of hydrogen-bond acceptors (Lipinski definition) is 5. The molecule has 158 valence electrons. The van der Waals surface area contributed by atoms with E-state index in [4.69, 9.17) is 0 Å². The summed E-state index contributed by atoms with van der Waals surface area (Å²) in [6, 6.07) is 13.5. The molecule has 3 amide bonds. The van der Waals surface area contributed by atoms with Gasteiger partial charge in [0.1, 0.15) is 11.9 Å². The number of likely N-dealkylation sites (N-methyl/N-ethyl adjacent to an activating group) is 1. The normalized spacial score (nSPS) is 14.3. The molecule has 0 N–H and O–H groups in total. The molecule has 1 aliphatic heterocycles. The molecule has 1 unspecified atom stereocenters. The summed E-state index contributed by atoms with van der Waals surface area (Å²) in [5, 5.41) is 0.964. The highest BCUT2D eigenvalue weighted by Gasteiger charge is 2.44. The number of rotatable bonds is 5. The summed E-state index contributed by atoms with van der Waals surface area (Å²) in [4.78, 5) is 51.0. The Balaban J connectivity index is 1.61. The van der Waals surface area contributed by atoms with Crippen molar-refractivity contribution in [2.75, 3.05) is 7.05 Å². The lowest BCUT2D eigenvalue weighted by molar-refractivity contribution is -0.136. The molecule has 0 saturated carbocycles. The average molecular weight is 416 g/mol. The predicted molar refractivity (Wildman–Crippen MR) is 116 cm³/mol. The maximum absolute atomic E-state index is 13.4. The molecule has 2 aromatic carbocycles.